The first-order valence-electron chi connectivity index (χ1n) is 9.19. The van der Waals surface area contributed by atoms with Crippen molar-refractivity contribution in [3.63, 3.8) is 0 Å². The first-order chi connectivity index (χ1) is 14.1. The van der Waals surface area contributed by atoms with Gasteiger partial charge >= 0.3 is 5.97 Å². The lowest BCUT2D eigenvalue weighted by molar-refractivity contribution is 0.0457. The van der Waals surface area contributed by atoms with Gasteiger partial charge in [-0.05, 0) is 58.7 Å². The van der Waals surface area contributed by atoms with Gasteiger partial charge in [0.1, 0.15) is 18.2 Å². The van der Waals surface area contributed by atoms with E-state index in [-0.39, 0.29) is 17.1 Å². The minimum atomic E-state index is -3.60. The lowest BCUT2D eigenvalue weighted by Crippen LogP contribution is -2.22. The molecule has 3 aromatic rings. The highest BCUT2D eigenvalue weighted by molar-refractivity contribution is 9.10. The second kappa shape index (κ2) is 8.83. The van der Waals surface area contributed by atoms with E-state index in [4.69, 9.17) is 4.74 Å². The number of fused-ring (bicyclic) bond motifs is 1. The molecule has 0 N–H and O–H groups in total. The van der Waals surface area contributed by atoms with Crippen LogP contribution >= 0.6 is 15.9 Å². The van der Waals surface area contributed by atoms with Crippen molar-refractivity contribution in [2.45, 2.75) is 31.4 Å². The number of nitrogens with zero attached hydrogens (tertiary/aromatic N) is 3. The van der Waals surface area contributed by atoms with E-state index in [0.29, 0.717) is 22.4 Å². The van der Waals surface area contributed by atoms with Crippen LogP contribution in [0.1, 0.15) is 29.5 Å². The highest BCUT2D eigenvalue weighted by Crippen LogP contribution is 2.24. The minimum Gasteiger partial charge on any atom is -0.454 e. The third kappa shape index (κ3) is 4.40. The van der Waals surface area contributed by atoms with Gasteiger partial charge in [0.25, 0.3) is 0 Å². The van der Waals surface area contributed by atoms with Gasteiger partial charge in [-0.3, -0.25) is 0 Å². The molecule has 0 unspecified atom stereocenters. The highest BCUT2D eigenvalue weighted by atomic mass is 79.9. The molecule has 2 aromatic carbocycles. The molecule has 0 radical (unpaired) electrons. The summed E-state index contributed by atoms with van der Waals surface area (Å²) < 4.78 is 47.1. The first-order valence-corrected chi connectivity index (χ1v) is 11.4. The van der Waals surface area contributed by atoms with Crippen LogP contribution in [-0.2, 0) is 27.9 Å². The number of hydrogen-bond acceptors (Lipinski definition) is 5. The van der Waals surface area contributed by atoms with Crippen molar-refractivity contribution >= 4 is 43.0 Å². The van der Waals surface area contributed by atoms with Crippen LogP contribution in [0, 0.1) is 5.82 Å². The van der Waals surface area contributed by atoms with Crippen molar-refractivity contribution < 1.29 is 22.3 Å². The van der Waals surface area contributed by atoms with Crippen LogP contribution in [0.15, 0.2) is 45.8 Å². The van der Waals surface area contributed by atoms with Crippen LogP contribution in [0.4, 0.5) is 4.39 Å². The van der Waals surface area contributed by atoms with Gasteiger partial charge in [-0.25, -0.2) is 26.9 Å². The van der Waals surface area contributed by atoms with E-state index in [1.807, 2.05) is 11.5 Å². The van der Waals surface area contributed by atoms with Gasteiger partial charge < -0.3 is 9.30 Å². The molecule has 0 aliphatic rings. The molecule has 30 heavy (non-hydrogen) atoms. The van der Waals surface area contributed by atoms with Crippen molar-refractivity contribution in [2.24, 2.45) is 0 Å². The number of ether oxygens (including phenoxy) is 1. The van der Waals surface area contributed by atoms with Crippen molar-refractivity contribution in [2.75, 3.05) is 14.1 Å². The van der Waals surface area contributed by atoms with Gasteiger partial charge in [0.15, 0.2) is 0 Å². The Morgan fingerprint density at radius 2 is 1.97 bits per heavy atom. The molecule has 0 aliphatic heterocycles. The molecule has 7 nitrogen and oxygen atoms in total. The average Bonchev–Trinajstić information content (AvgIpc) is 3.05. The van der Waals surface area contributed by atoms with Gasteiger partial charge in [-0.1, -0.05) is 6.92 Å². The summed E-state index contributed by atoms with van der Waals surface area (Å²) in [5, 5.41) is 0. The van der Waals surface area contributed by atoms with E-state index >= 15 is 0 Å². The van der Waals surface area contributed by atoms with Crippen LogP contribution in [0.25, 0.3) is 11.0 Å². The molecule has 10 heteroatoms. The largest absolute Gasteiger partial charge is 0.454 e. The third-order valence-electron chi connectivity index (χ3n) is 4.51. The van der Waals surface area contributed by atoms with Crippen LogP contribution in [-0.4, -0.2) is 42.3 Å². The van der Waals surface area contributed by atoms with E-state index in [2.05, 4.69) is 20.9 Å². The fourth-order valence-corrected chi connectivity index (χ4v) is 4.31. The molecule has 1 heterocycles. The number of sulfonamides is 1. The van der Waals surface area contributed by atoms with Crippen molar-refractivity contribution in [3.05, 3.63) is 58.1 Å². The smallest absolute Gasteiger partial charge is 0.339 e. The molecule has 3 rings (SSSR count). The quantitative estimate of drug-likeness (QED) is 0.461. The minimum absolute atomic E-state index is 0.0764. The van der Waals surface area contributed by atoms with Crippen molar-refractivity contribution in [1.29, 1.82) is 0 Å². The Balaban J connectivity index is 1.93. The predicted octanol–water partition coefficient (Wildman–Crippen LogP) is 3.96. The second-order valence-electron chi connectivity index (χ2n) is 6.82. The average molecular weight is 498 g/mol. The number of rotatable bonds is 7. The lowest BCUT2D eigenvalue weighted by Gasteiger charge is -2.11. The van der Waals surface area contributed by atoms with E-state index in [1.54, 1.807) is 6.07 Å². The summed E-state index contributed by atoms with van der Waals surface area (Å²) in [7, 11) is -0.671. The molecule has 0 aliphatic carbocycles. The number of carbonyl (C=O) groups is 1. The monoisotopic (exact) mass is 497 g/mol. The fourth-order valence-electron chi connectivity index (χ4n) is 2.98. The summed E-state index contributed by atoms with van der Waals surface area (Å²) in [4.78, 5) is 17.0. The van der Waals surface area contributed by atoms with E-state index in [1.165, 1.54) is 38.4 Å². The topological polar surface area (TPSA) is 81.5 Å². The number of benzene rings is 2. The zero-order valence-electron chi connectivity index (χ0n) is 16.7. The molecule has 0 amide bonds. The molecule has 0 fully saturated rings. The molecule has 0 spiro atoms. The van der Waals surface area contributed by atoms with Crippen LogP contribution in [0.3, 0.4) is 0 Å². The van der Waals surface area contributed by atoms with E-state index in [9.17, 15) is 17.6 Å². The van der Waals surface area contributed by atoms with E-state index in [0.717, 1.165) is 22.3 Å². The summed E-state index contributed by atoms with van der Waals surface area (Å²) in [5.74, 6) is -0.752. The number of hydrogen-bond donors (Lipinski definition) is 0. The number of aryl methyl sites for hydroxylation is 1. The standard InChI is InChI=1S/C20H21BrFN3O4S/c1-4-9-25-18-8-6-14(30(27,28)24(2)3)11-17(18)23-19(25)12-29-20(26)15-10-13(22)5-7-16(15)21/h5-8,10-11H,4,9,12H2,1-3H3. The molecule has 0 saturated carbocycles. The Bertz CT molecular complexity index is 1210. The Morgan fingerprint density at radius 3 is 2.63 bits per heavy atom. The molecule has 0 bridgehead atoms. The summed E-state index contributed by atoms with van der Waals surface area (Å²) in [6, 6.07) is 8.50. The summed E-state index contributed by atoms with van der Waals surface area (Å²) in [5.41, 5.74) is 1.31. The zero-order valence-corrected chi connectivity index (χ0v) is 19.1. The van der Waals surface area contributed by atoms with Gasteiger partial charge in [-0.15, -0.1) is 0 Å². The maximum Gasteiger partial charge on any atom is 0.339 e. The molecular formula is C20H21BrFN3O4S. The number of imidazole rings is 1. The first kappa shape index (κ1) is 22.4. The molecular weight excluding hydrogens is 477 g/mol. The van der Waals surface area contributed by atoms with Crippen molar-refractivity contribution in [1.82, 2.24) is 13.9 Å². The SMILES string of the molecule is CCCn1c(COC(=O)c2cc(F)ccc2Br)nc2cc(S(=O)(=O)N(C)C)ccc21. The number of carbonyl (C=O) groups excluding carboxylic acids is 1. The van der Waals surface area contributed by atoms with Gasteiger partial charge in [0.05, 0.1) is 21.5 Å². The Kier molecular flexibility index (Phi) is 6.59. The van der Waals surface area contributed by atoms with Gasteiger partial charge in [0.2, 0.25) is 10.0 Å². The molecule has 0 atom stereocenters. The van der Waals surface area contributed by atoms with E-state index < -0.39 is 21.8 Å². The Morgan fingerprint density at radius 1 is 1.23 bits per heavy atom. The second-order valence-corrected chi connectivity index (χ2v) is 9.82. The van der Waals surface area contributed by atoms with Crippen LogP contribution in [0.2, 0.25) is 0 Å². The number of esters is 1. The molecule has 160 valence electrons. The molecule has 1 aromatic heterocycles. The summed E-state index contributed by atoms with van der Waals surface area (Å²) in [6.07, 6.45) is 0.805. The number of halogens is 2. The van der Waals surface area contributed by atoms with Gasteiger partial charge in [0, 0.05) is 25.1 Å². The Hall–Kier alpha value is -2.30. The fraction of sp³-hybridized carbons (Fsp3) is 0.300. The third-order valence-corrected chi connectivity index (χ3v) is 7.01. The molecule has 0 saturated heterocycles. The highest BCUT2D eigenvalue weighted by Gasteiger charge is 2.20. The summed E-state index contributed by atoms with van der Waals surface area (Å²) in [6.45, 7) is 2.48. The maximum absolute atomic E-state index is 13.5. The van der Waals surface area contributed by atoms with Gasteiger partial charge in [-0.2, -0.15) is 0 Å². The van der Waals surface area contributed by atoms with Crippen molar-refractivity contribution in [3.8, 4) is 0 Å². The Labute approximate surface area is 182 Å². The van der Waals surface area contributed by atoms with Crippen LogP contribution in [0.5, 0.6) is 0 Å². The zero-order chi connectivity index (χ0) is 22.1. The number of aromatic nitrogens is 2. The predicted molar refractivity (Wildman–Crippen MR) is 114 cm³/mol. The lowest BCUT2D eigenvalue weighted by atomic mass is 10.2. The normalized spacial score (nSPS) is 11.9. The van der Waals surface area contributed by atoms with Crippen LogP contribution < -0.4 is 0 Å². The summed E-state index contributed by atoms with van der Waals surface area (Å²) >= 11 is 3.21. The maximum atomic E-state index is 13.5.